The largest absolute Gasteiger partial charge is 0.327 e. The first kappa shape index (κ1) is 18.3. The van der Waals surface area contributed by atoms with Crippen molar-refractivity contribution >= 4 is 29.0 Å². The number of nitrogens with one attached hydrogen (secondary N) is 1. The van der Waals surface area contributed by atoms with Gasteiger partial charge in [-0.1, -0.05) is 61.3 Å². The Morgan fingerprint density at radius 2 is 1.89 bits per heavy atom. The van der Waals surface area contributed by atoms with Crippen molar-refractivity contribution in [3.8, 4) is 11.1 Å². The summed E-state index contributed by atoms with van der Waals surface area (Å²) in [6, 6.07) is 17.5. The molecule has 0 radical (unpaired) electrons. The molecule has 2 heterocycles. The molecule has 0 amide bonds. The Bertz CT molecular complexity index is 1180. The highest BCUT2D eigenvalue weighted by Gasteiger charge is 2.16. The van der Waals surface area contributed by atoms with Gasteiger partial charge in [-0.05, 0) is 29.7 Å². The van der Waals surface area contributed by atoms with Crippen molar-refractivity contribution in [2.24, 2.45) is 0 Å². The van der Waals surface area contributed by atoms with Gasteiger partial charge in [0.05, 0.1) is 10.7 Å². The van der Waals surface area contributed by atoms with E-state index in [1.54, 1.807) is 11.0 Å². The van der Waals surface area contributed by atoms with Gasteiger partial charge in [0.15, 0.2) is 0 Å². The van der Waals surface area contributed by atoms with Crippen molar-refractivity contribution in [3.63, 3.8) is 0 Å². The first-order valence-corrected chi connectivity index (χ1v) is 9.52. The van der Waals surface area contributed by atoms with Crippen molar-refractivity contribution < 1.29 is 0 Å². The van der Waals surface area contributed by atoms with Crippen molar-refractivity contribution in [1.29, 1.82) is 0 Å². The standard InChI is InChI=1S/C21H20ClN5O/c1-3-7-16-13-19(28)27-20(23-16)24-21(25-27)26(2)18-12-15(10-11-17(18)22)14-8-5-4-6-9-14/h4-6,8-13H,3,7H2,1-2H3,(H,23,24,25). The monoisotopic (exact) mass is 393 g/mol. The maximum atomic E-state index is 12.3. The predicted molar refractivity (Wildman–Crippen MR) is 113 cm³/mol. The zero-order chi connectivity index (χ0) is 19.7. The second-order valence-electron chi connectivity index (χ2n) is 6.62. The average Bonchev–Trinajstić information content (AvgIpc) is 3.14. The van der Waals surface area contributed by atoms with E-state index in [4.69, 9.17) is 11.6 Å². The summed E-state index contributed by atoms with van der Waals surface area (Å²) < 4.78 is 1.28. The molecule has 0 bridgehead atoms. The van der Waals surface area contributed by atoms with E-state index >= 15 is 0 Å². The maximum absolute atomic E-state index is 12.3. The number of nitrogens with zero attached hydrogens (tertiary/aromatic N) is 4. The molecule has 2 aromatic heterocycles. The van der Waals surface area contributed by atoms with Gasteiger partial charge in [0.2, 0.25) is 5.78 Å². The van der Waals surface area contributed by atoms with E-state index in [1.807, 2.05) is 55.6 Å². The van der Waals surface area contributed by atoms with Crippen molar-refractivity contribution in [2.75, 3.05) is 11.9 Å². The van der Waals surface area contributed by atoms with Gasteiger partial charge in [-0.15, -0.1) is 5.10 Å². The number of benzene rings is 2. The third-order valence-corrected chi connectivity index (χ3v) is 4.93. The van der Waals surface area contributed by atoms with E-state index < -0.39 is 0 Å². The molecule has 1 N–H and O–H groups in total. The summed E-state index contributed by atoms with van der Waals surface area (Å²) >= 11 is 6.45. The van der Waals surface area contributed by atoms with Gasteiger partial charge in [-0.25, -0.2) is 0 Å². The number of aryl methyl sites for hydroxylation is 1. The molecule has 0 saturated heterocycles. The van der Waals surface area contributed by atoms with Crippen molar-refractivity contribution in [3.05, 3.63) is 75.7 Å². The van der Waals surface area contributed by atoms with E-state index in [9.17, 15) is 4.79 Å². The van der Waals surface area contributed by atoms with Crippen LogP contribution in [0.2, 0.25) is 5.02 Å². The van der Waals surface area contributed by atoms with Crippen LogP contribution in [0.25, 0.3) is 16.9 Å². The van der Waals surface area contributed by atoms with Crippen LogP contribution >= 0.6 is 11.6 Å². The number of rotatable bonds is 5. The number of anilines is 2. The quantitative estimate of drug-likeness (QED) is 0.543. The zero-order valence-electron chi connectivity index (χ0n) is 15.7. The molecule has 0 aliphatic heterocycles. The minimum absolute atomic E-state index is 0.200. The fourth-order valence-corrected chi connectivity index (χ4v) is 3.40. The van der Waals surface area contributed by atoms with E-state index in [2.05, 4.69) is 22.0 Å². The third-order valence-electron chi connectivity index (χ3n) is 4.61. The van der Waals surface area contributed by atoms with E-state index in [1.165, 1.54) is 4.52 Å². The second kappa shape index (κ2) is 7.48. The maximum Gasteiger partial charge on any atom is 0.275 e. The molecule has 4 rings (SSSR count). The second-order valence-corrected chi connectivity index (χ2v) is 7.03. The van der Waals surface area contributed by atoms with Crippen LogP contribution in [0.15, 0.2) is 59.4 Å². The van der Waals surface area contributed by atoms with Crippen LogP contribution in [-0.2, 0) is 6.42 Å². The summed E-state index contributed by atoms with van der Waals surface area (Å²) in [6.45, 7) is 2.06. The predicted octanol–water partition coefficient (Wildman–Crippen LogP) is 4.46. The summed E-state index contributed by atoms with van der Waals surface area (Å²) in [6.07, 6.45) is 1.73. The molecule has 0 fully saturated rings. The fourth-order valence-electron chi connectivity index (χ4n) is 3.16. The average molecular weight is 394 g/mol. The highest BCUT2D eigenvalue weighted by Crippen LogP contribution is 2.33. The molecule has 2 aromatic carbocycles. The zero-order valence-corrected chi connectivity index (χ0v) is 16.4. The number of aromatic amines is 1. The van der Waals surface area contributed by atoms with Crippen LogP contribution in [0, 0.1) is 0 Å². The molecule has 28 heavy (non-hydrogen) atoms. The van der Waals surface area contributed by atoms with Gasteiger partial charge in [0.1, 0.15) is 0 Å². The van der Waals surface area contributed by atoms with E-state index in [0.29, 0.717) is 16.7 Å². The topological polar surface area (TPSA) is 66.3 Å². The van der Waals surface area contributed by atoms with Gasteiger partial charge in [0.25, 0.3) is 11.5 Å². The molecule has 0 aliphatic rings. The van der Waals surface area contributed by atoms with Gasteiger partial charge in [0, 0.05) is 18.8 Å². The smallest absolute Gasteiger partial charge is 0.275 e. The SMILES string of the molecule is CCCc1cc(=O)n2nc(N(C)c3cc(-c4ccccc4)ccc3Cl)nc2[nH]1. The molecular weight excluding hydrogens is 374 g/mol. The van der Waals surface area contributed by atoms with Crippen molar-refractivity contribution in [1.82, 2.24) is 19.6 Å². The molecule has 4 aromatic rings. The molecule has 142 valence electrons. The first-order valence-electron chi connectivity index (χ1n) is 9.14. The fraction of sp³-hybridized carbons (Fsp3) is 0.190. The molecule has 0 atom stereocenters. The van der Waals surface area contributed by atoms with Crippen LogP contribution in [0.3, 0.4) is 0 Å². The molecule has 0 aliphatic carbocycles. The lowest BCUT2D eigenvalue weighted by molar-refractivity contribution is 0.836. The Morgan fingerprint density at radius 3 is 2.64 bits per heavy atom. The number of halogens is 1. The molecule has 7 heteroatoms. The Hall–Kier alpha value is -3.12. The Labute approximate surface area is 167 Å². The van der Waals surface area contributed by atoms with Crippen LogP contribution in [0.4, 0.5) is 11.6 Å². The highest BCUT2D eigenvalue weighted by molar-refractivity contribution is 6.33. The molecular formula is C21H20ClN5O. The lowest BCUT2D eigenvalue weighted by Crippen LogP contribution is -2.16. The third kappa shape index (κ3) is 3.39. The summed E-state index contributed by atoms with van der Waals surface area (Å²) in [5.74, 6) is 0.822. The summed E-state index contributed by atoms with van der Waals surface area (Å²) in [5, 5.41) is 4.94. The number of hydrogen-bond acceptors (Lipinski definition) is 4. The number of H-pyrrole nitrogens is 1. The normalized spacial score (nSPS) is 11.1. The van der Waals surface area contributed by atoms with Gasteiger partial charge in [-0.2, -0.15) is 9.50 Å². The number of hydrogen-bond donors (Lipinski definition) is 1. The van der Waals surface area contributed by atoms with Crippen LogP contribution in [-0.4, -0.2) is 26.6 Å². The summed E-state index contributed by atoms with van der Waals surface area (Å²) in [4.78, 5) is 21.8. The van der Waals surface area contributed by atoms with Crippen LogP contribution in [0.1, 0.15) is 19.0 Å². The summed E-state index contributed by atoms with van der Waals surface area (Å²) in [7, 11) is 1.84. The Kier molecular flexibility index (Phi) is 4.88. The Morgan fingerprint density at radius 1 is 1.11 bits per heavy atom. The van der Waals surface area contributed by atoms with Crippen LogP contribution < -0.4 is 10.5 Å². The van der Waals surface area contributed by atoms with Gasteiger partial charge >= 0.3 is 0 Å². The summed E-state index contributed by atoms with van der Waals surface area (Å²) in [5.41, 5.74) is 3.55. The molecule has 0 spiro atoms. The highest BCUT2D eigenvalue weighted by atomic mass is 35.5. The van der Waals surface area contributed by atoms with Crippen molar-refractivity contribution in [2.45, 2.75) is 19.8 Å². The lowest BCUT2D eigenvalue weighted by atomic mass is 10.1. The van der Waals surface area contributed by atoms with E-state index in [0.717, 1.165) is 35.3 Å². The van der Waals surface area contributed by atoms with Crippen LogP contribution in [0.5, 0.6) is 0 Å². The minimum atomic E-state index is -0.200. The molecule has 0 saturated carbocycles. The first-order chi connectivity index (χ1) is 13.6. The lowest BCUT2D eigenvalue weighted by Gasteiger charge is -2.17. The Balaban J connectivity index is 1.76. The molecule has 6 nitrogen and oxygen atoms in total. The molecule has 0 unspecified atom stereocenters. The minimum Gasteiger partial charge on any atom is -0.327 e. The van der Waals surface area contributed by atoms with Gasteiger partial charge in [-0.3, -0.25) is 4.79 Å². The van der Waals surface area contributed by atoms with E-state index in [-0.39, 0.29) is 5.56 Å². The number of aromatic nitrogens is 4. The number of fused-ring (bicyclic) bond motifs is 1. The van der Waals surface area contributed by atoms with Gasteiger partial charge < -0.3 is 9.88 Å².